The lowest BCUT2D eigenvalue weighted by molar-refractivity contribution is -0.150. The van der Waals surface area contributed by atoms with Gasteiger partial charge < -0.3 is 14.7 Å². The normalized spacial score (nSPS) is 17.9. The summed E-state index contributed by atoms with van der Waals surface area (Å²) in [6.07, 6.45) is 1.47. The molecule has 1 N–H and O–H groups in total. The molecule has 1 aromatic carbocycles. The molecule has 1 aliphatic heterocycles. The van der Waals surface area contributed by atoms with E-state index in [2.05, 4.69) is 0 Å². The Kier molecular flexibility index (Phi) is 7.05. The molecule has 0 saturated carbocycles. The first-order valence-corrected chi connectivity index (χ1v) is 9.63. The summed E-state index contributed by atoms with van der Waals surface area (Å²) in [6.45, 7) is 5.68. The molecule has 0 spiro atoms. The van der Waals surface area contributed by atoms with Crippen molar-refractivity contribution in [3.8, 4) is 0 Å². The average Bonchev–Trinajstić information content (AvgIpc) is 3.11. The number of hydrogen-bond acceptors (Lipinski definition) is 4. The van der Waals surface area contributed by atoms with Crippen LogP contribution in [0.25, 0.3) is 0 Å². The molecule has 0 bridgehead atoms. The summed E-state index contributed by atoms with van der Waals surface area (Å²) >= 11 is 0. The molecule has 1 fully saturated rings. The van der Waals surface area contributed by atoms with Crippen molar-refractivity contribution in [1.82, 2.24) is 9.80 Å². The number of nitrogens with zero attached hydrogens (tertiary/aromatic N) is 2. The minimum Gasteiger partial charge on any atom is -0.480 e. The summed E-state index contributed by atoms with van der Waals surface area (Å²) in [5, 5.41) is 9.42. The molecule has 2 rings (SSSR count). The molecule has 1 aliphatic rings. The maximum absolute atomic E-state index is 13.2. The van der Waals surface area contributed by atoms with E-state index in [9.17, 15) is 19.5 Å². The first-order valence-electron chi connectivity index (χ1n) is 9.63. The van der Waals surface area contributed by atoms with Crippen LogP contribution in [0.1, 0.15) is 45.6 Å². The minimum absolute atomic E-state index is 0.339. The fourth-order valence-corrected chi connectivity index (χ4v) is 3.37. The molecular weight excluding hydrogens is 360 g/mol. The van der Waals surface area contributed by atoms with Gasteiger partial charge in [0.1, 0.15) is 17.7 Å². The van der Waals surface area contributed by atoms with E-state index in [0.29, 0.717) is 32.2 Å². The Balaban J connectivity index is 2.20. The second kappa shape index (κ2) is 9.08. The van der Waals surface area contributed by atoms with Gasteiger partial charge in [-0.2, -0.15) is 0 Å². The zero-order valence-corrected chi connectivity index (χ0v) is 17.1. The van der Waals surface area contributed by atoms with Gasteiger partial charge in [-0.25, -0.2) is 9.59 Å². The molecular formula is C21H30N2O5. The van der Waals surface area contributed by atoms with Crippen LogP contribution in [0.15, 0.2) is 30.3 Å². The van der Waals surface area contributed by atoms with Crippen LogP contribution >= 0.6 is 0 Å². The lowest BCUT2D eigenvalue weighted by Gasteiger charge is -2.33. The molecule has 0 radical (unpaired) electrons. The van der Waals surface area contributed by atoms with E-state index in [0.717, 1.165) is 5.56 Å². The summed E-state index contributed by atoms with van der Waals surface area (Å²) in [4.78, 5) is 40.0. The Morgan fingerprint density at radius 3 is 2.46 bits per heavy atom. The molecule has 7 heteroatoms. The van der Waals surface area contributed by atoms with Crippen LogP contribution in [0.5, 0.6) is 0 Å². The van der Waals surface area contributed by atoms with Crippen molar-refractivity contribution >= 4 is 18.0 Å². The Morgan fingerprint density at radius 1 is 1.25 bits per heavy atom. The molecule has 2 unspecified atom stereocenters. The van der Waals surface area contributed by atoms with Crippen LogP contribution in [0, 0.1) is 0 Å². The molecule has 7 nitrogen and oxygen atoms in total. The van der Waals surface area contributed by atoms with Crippen LogP contribution in [0.2, 0.25) is 0 Å². The molecule has 28 heavy (non-hydrogen) atoms. The van der Waals surface area contributed by atoms with Gasteiger partial charge in [-0.05, 0) is 52.0 Å². The van der Waals surface area contributed by atoms with E-state index in [1.54, 1.807) is 20.8 Å². The maximum atomic E-state index is 13.2. The molecule has 154 valence electrons. The topological polar surface area (TPSA) is 87.2 Å². The lowest BCUT2D eigenvalue weighted by Crippen LogP contribution is -2.53. The van der Waals surface area contributed by atoms with Crippen molar-refractivity contribution in [2.75, 3.05) is 13.6 Å². The Hall–Kier alpha value is -2.57. The number of carbonyl (C=O) groups excluding carboxylic acids is 2. The van der Waals surface area contributed by atoms with Crippen LogP contribution in [0.3, 0.4) is 0 Å². The summed E-state index contributed by atoms with van der Waals surface area (Å²) in [7, 11) is 1.54. The first-order chi connectivity index (χ1) is 13.1. The number of benzene rings is 1. The molecule has 1 heterocycles. The van der Waals surface area contributed by atoms with Crippen molar-refractivity contribution in [1.29, 1.82) is 0 Å². The van der Waals surface area contributed by atoms with Gasteiger partial charge in [-0.1, -0.05) is 30.3 Å². The monoisotopic (exact) mass is 390 g/mol. The standard InChI is InChI=1S/C21H30N2O5/c1-21(2,3)28-20(27)22(4)16(13-12-15-9-6-5-7-10-15)18(24)23-14-8-11-17(23)19(25)26/h5-7,9-10,16-17H,8,11-14H2,1-4H3,(H,25,26). The minimum atomic E-state index is -1.01. The fraction of sp³-hybridized carbons (Fsp3) is 0.571. The van der Waals surface area contributed by atoms with Gasteiger partial charge in [-0.15, -0.1) is 0 Å². The fourth-order valence-electron chi connectivity index (χ4n) is 3.37. The zero-order valence-electron chi connectivity index (χ0n) is 17.1. The van der Waals surface area contributed by atoms with Gasteiger partial charge in [0.15, 0.2) is 0 Å². The highest BCUT2D eigenvalue weighted by Crippen LogP contribution is 2.22. The number of amides is 2. The predicted octanol–water partition coefficient (Wildman–Crippen LogP) is 2.93. The number of carbonyl (C=O) groups is 3. The van der Waals surface area contributed by atoms with E-state index in [4.69, 9.17) is 4.74 Å². The van der Waals surface area contributed by atoms with Crippen LogP contribution in [0.4, 0.5) is 4.79 Å². The van der Waals surface area contributed by atoms with Gasteiger partial charge in [0.2, 0.25) is 5.91 Å². The van der Waals surface area contributed by atoms with E-state index in [1.165, 1.54) is 16.8 Å². The molecule has 2 amide bonds. The van der Waals surface area contributed by atoms with Crippen molar-refractivity contribution in [3.63, 3.8) is 0 Å². The number of carboxylic acids is 1. The Bertz CT molecular complexity index is 698. The van der Waals surface area contributed by atoms with Crippen molar-refractivity contribution in [2.45, 2.75) is 64.1 Å². The smallest absolute Gasteiger partial charge is 0.410 e. The second-order valence-electron chi connectivity index (χ2n) is 8.16. The largest absolute Gasteiger partial charge is 0.480 e. The molecule has 1 saturated heterocycles. The van der Waals surface area contributed by atoms with Crippen LogP contribution in [-0.2, 0) is 20.7 Å². The summed E-state index contributed by atoms with van der Waals surface area (Å²) < 4.78 is 5.42. The highest BCUT2D eigenvalue weighted by Gasteiger charge is 2.40. The summed E-state index contributed by atoms with van der Waals surface area (Å²) in [5.41, 5.74) is 0.365. The van der Waals surface area contributed by atoms with Gasteiger partial charge in [-0.3, -0.25) is 9.69 Å². The van der Waals surface area contributed by atoms with Gasteiger partial charge in [0.05, 0.1) is 0 Å². The molecule has 0 aromatic heterocycles. The third-order valence-corrected chi connectivity index (χ3v) is 4.80. The lowest BCUT2D eigenvalue weighted by atomic mass is 10.0. The van der Waals surface area contributed by atoms with E-state index >= 15 is 0 Å². The van der Waals surface area contributed by atoms with Crippen molar-refractivity contribution < 1.29 is 24.2 Å². The summed E-state index contributed by atoms with van der Waals surface area (Å²) in [5.74, 6) is -1.35. The highest BCUT2D eigenvalue weighted by atomic mass is 16.6. The number of likely N-dealkylation sites (N-methyl/N-ethyl adjacent to an activating group) is 1. The van der Waals surface area contributed by atoms with E-state index < -0.39 is 29.7 Å². The Labute approximate surface area is 166 Å². The third-order valence-electron chi connectivity index (χ3n) is 4.80. The zero-order chi connectivity index (χ0) is 20.9. The van der Waals surface area contributed by atoms with Crippen molar-refractivity contribution in [2.24, 2.45) is 0 Å². The number of carboxylic acid groups (broad SMARTS) is 1. The van der Waals surface area contributed by atoms with Gasteiger partial charge in [0, 0.05) is 13.6 Å². The van der Waals surface area contributed by atoms with Crippen LogP contribution < -0.4 is 0 Å². The van der Waals surface area contributed by atoms with Crippen molar-refractivity contribution in [3.05, 3.63) is 35.9 Å². The third kappa shape index (κ3) is 5.71. The second-order valence-corrected chi connectivity index (χ2v) is 8.16. The number of hydrogen-bond donors (Lipinski definition) is 1. The molecule has 0 aliphatic carbocycles. The number of aryl methyl sites for hydroxylation is 1. The Morgan fingerprint density at radius 2 is 1.89 bits per heavy atom. The number of ether oxygens (including phenoxy) is 1. The highest BCUT2D eigenvalue weighted by molar-refractivity contribution is 5.89. The predicted molar refractivity (Wildman–Crippen MR) is 105 cm³/mol. The maximum Gasteiger partial charge on any atom is 0.410 e. The van der Waals surface area contributed by atoms with Gasteiger partial charge >= 0.3 is 12.1 Å². The van der Waals surface area contributed by atoms with E-state index in [-0.39, 0.29) is 5.91 Å². The molecule has 1 aromatic rings. The van der Waals surface area contributed by atoms with E-state index in [1.807, 2.05) is 30.3 Å². The quantitative estimate of drug-likeness (QED) is 0.807. The van der Waals surface area contributed by atoms with Gasteiger partial charge in [0.25, 0.3) is 0 Å². The number of likely N-dealkylation sites (tertiary alicyclic amines) is 1. The molecule has 2 atom stereocenters. The van der Waals surface area contributed by atoms with Crippen LogP contribution in [-0.4, -0.2) is 64.2 Å². The number of aliphatic carboxylic acids is 1. The number of rotatable bonds is 6. The summed E-state index contributed by atoms with van der Waals surface area (Å²) in [6, 6.07) is 8.07. The first kappa shape index (κ1) is 21.7. The SMILES string of the molecule is CN(C(=O)OC(C)(C)C)C(CCc1ccccc1)C(=O)N1CCCC1C(=O)O. The average molecular weight is 390 g/mol.